The molecule has 20 heavy (non-hydrogen) atoms. The molecule has 1 aromatic rings. The highest BCUT2D eigenvalue weighted by Crippen LogP contribution is 2.21. The quantitative estimate of drug-likeness (QED) is 0.820. The van der Waals surface area contributed by atoms with Crippen LogP contribution in [0.3, 0.4) is 0 Å². The summed E-state index contributed by atoms with van der Waals surface area (Å²) in [6, 6.07) is 4.56. The molecule has 1 heterocycles. The van der Waals surface area contributed by atoms with Crippen LogP contribution in [0.15, 0.2) is 18.2 Å². The monoisotopic (exact) mass is 301 g/mol. The second-order valence-electron chi connectivity index (χ2n) is 5.16. The molecule has 1 fully saturated rings. The van der Waals surface area contributed by atoms with E-state index in [1.54, 1.807) is 6.07 Å². The van der Waals surface area contributed by atoms with Crippen molar-refractivity contribution in [3.63, 3.8) is 0 Å². The Morgan fingerprint density at radius 3 is 2.75 bits per heavy atom. The SMILES string of the molecule is OCCCOC1CCN(Cc2ccc(F)cc2Cl)CC1. The molecule has 1 N–H and O–H groups in total. The highest BCUT2D eigenvalue weighted by molar-refractivity contribution is 6.31. The molecule has 0 aromatic heterocycles. The van der Waals surface area contributed by atoms with Crippen LogP contribution in [0.25, 0.3) is 0 Å². The second kappa shape index (κ2) is 7.93. The molecular weight excluding hydrogens is 281 g/mol. The van der Waals surface area contributed by atoms with Gasteiger partial charge in [-0.15, -0.1) is 0 Å². The van der Waals surface area contributed by atoms with E-state index < -0.39 is 0 Å². The van der Waals surface area contributed by atoms with Gasteiger partial charge in [0.25, 0.3) is 0 Å². The third kappa shape index (κ3) is 4.70. The van der Waals surface area contributed by atoms with E-state index in [4.69, 9.17) is 21.4 Å². The molecule has 3 nitrogen and oxygen atoms in total. The van der Waals surface area contributed by atoms with Crippen LogP contribution >= 0.6 is 11.6 Å². The lowest BCUT2D eigenvalue weighted by molar-refractivity contribution is 0.000790. The summed E-state index contributed by atoms with van der Waals surface area (Å²) in [4.78, 5) is 2.31. The molecule has 1 aliphatic rings. The zero-order valence-electron chi connectivity index (χ0n) is 11.5. The molecule has 0 aliphatic carbocycles. The minimum Gasteiger partial charge on any atom is -0.396 e. The van der Waals surface area contributed by atoms with Crippen LogP contribution < -0.4 is 0 Å². The smallest absolute Gasteiger partial charge is 0.124 e. The Morgan fingerprint density at radius 1 is 1.35 bits per heavy atom. The number of nitrogens with zero attached hydrogens (tertiary/aromatic N) is 1. The van der Waals surface area contributed by atoms with Gasteiger partial charge in [-0.25, -0.2) is 4.39 Å². The molecule has 0 radical (unpaired) electrons. The van der Waals surface area contributed by atoms with Crippen molar-refractivity contribution >= 4 is 11.6 Å². The van der Waals surface area contributed by atoms with E-state index in [1.165, 1.54) is 12.1 Å². The number of rotatable bonds is 6. The lowest BCUT2D eigenvalue weighted by atomic mass is 10.1. The van der Waals surface area contributed by atoms with Crippen LogP contribution in [0.4, 0.5) is 4.39 Å². The normalized spacial score (nSPS) is 17.6. The summed E-state index contributed by atoms with van der Waals surface area (Å²) >= 11 is 6.05. The fourth-order valence-corrected chi connectivity index (χ4v) is 2.67. The van der Waals surface area contributed by atoms with E-state index in [1.807, 2.05) is 0 Å². The van der Waals surface area contributed by atoms with Crippen molar-refractivity contribution in [3.8, 4) is 0 Å². The maximum absolute atomic E-state index is 13.0. The van der Waals surface area contributed by atoms with Gasteiger partial charge in [-0.3, -0.25) is 4.90 Å². The number of piperidine rings is 1. The summed E-state index contributed by atoms with van der Waals surface area (Å²) < 4.78 is 18.7. The van der Waals surface area contributed by atoms with Gasteiger partial charge in [0, 0.05) is 37.9 Å². The average molecular weight is 302 g/mol. The molecular formula is C15H21ClFNO2. The Balaban J connectivity index is 1.76. The summed E-state index contributed by atoms with van der Waals surface area (Å²) in [5.41, 5.74) is 0.965. The molecule has 0 atom stereocenters. The first-order chi connectivity index (χ1) is 9.69. The third-order valence-electron chi connectivity index (χ3n) is 3.60. The van der Waals surface area contributed by atoms with Gasteiger partial charge >= 0.3 is 0 Å². The van der Waals surface area contributed by atoms with Crippen LogP contribution in [0.2, 0.25) is 5.02 Å². The average Bonchev–Trinajstić information content (AvgIpc) is 2.44. The summed E-state index contributed by atoms with van der Waals surface area (Å²) in [6.07, 6.45) is 2.97. The van der Waals surface area contributed by atoms with E-state index in [-0.39, 0.29) is 12.4 Å². The van der Waals surface area contributed by atoms with Crippen molar-refractivity contribution in [2.75, 3.05) is 26.3 Å². The minimum atomic E-state index is -0.297. The van der Waals surface area contributed by atoms with Crippen LogP contribution in [-0.2, 0) is 11.3 Å². The highest BCUT2D eigenvalue weighted by Gasteiger charge is 2.20. The van der Waals surface area contributed by atoms with Crippen LogP contribution in [0.1, 0.15) is 24.8 Å². The number of aliphatic hydroxyl groups excluding tert-OH is 1. The third-order valence-corrected chi connectivity index (χ3v) is 3.95. The first kappa shape index (κ1) is 15.7. The number of hydrogen-bond acceptors (Lipinski definition) is 3. The fraction of sp³-hybridized carbons (Fsp3) is 0.600. The lowest BCUT2D eigenvalue weighted by Gasteiger charge is -2.32. The molecule has 0 saturated carbocycles. The van der Waals surface area contributed by atoms with Crippen molar-refractivity contribution in [2.24, 2.45) is 0 Å². The van der Waals surface area contributed by atoms with Gasteiger partial charge in [-0.2, -0.15) is 0 Å². The van der Waals surface area contributed by atoms with E-state index in [0.29, 0.717) is 24.2 Å². The summed E-state index contributed by atoms with van der Waals surface area (Å²) in [5, 5.41) is 9.21. The number of ether oxygens (including phenoxy) is 1. The Bertz CT molecular complexity index is 422. The molecule has 0 amide bonds. The van der Waals surface area contributed by atoms with Gasteiger partial charge in [-0.05, 0) is 37.0 Å². The van der Waals surface area contributed by atoms with Gasteiger partial charge in [0.15, 0.2) is 0 Å². The van der Waals surface area contributed by atoms with Gasteiger partial charge in [0.2, 0.25) is 0 Å². The molecule has 1 aliphatic heterocycles. The largest absolute Gasteiger partial charge is 0.396 e. The molecule has 0 bridgehead atoms. The predicted molar refractivity (Wildman–Crippen MR) is 77.4 cm³/mol. The van der Waals surface area contributed by atoms with Crippen LogP contribution in [-0.4, -0.2) is 42.4 Å². The molecule has 1 saturated heterocycles. The van der Waals surface area contributed by atoms with Gasteiger partial charge < -0.3 is 9.84 Å². The zero-order chi connectivity index (χ0) is 14.4. The van der Waals surface area contributed by atoms with E-state index in [0.717, 1.165) is 38.0 Å². The molecule has 0 spiro atoms. The molecule has 5 heteroatoms. The summed E-state index contributed by atoms with van der Waals surface area (Å²) in [6.45, 7) is 3.48. The topological polar surface area (TPSA) is 32.7 Å². The Morgan fingerprint density at radius 2 is 2.10 bits per heavy atom. The molecule has 2 rings (SSSR count). The maximum atomic E-state index is 13.0. The predicted octanol–water partition coefficient (Wildman–Crippen LogP) is 2.84. The van der Waals surface area contributed by atoms with Crippen molar-refractivity contribution in [2.45, 2.75) is 31.9 Å². The number of halogens is 2. The molecule has 1 aromatic carbocycles. The van der Waals surface area contributed by atoms with Crippen molar-refractivity contribution in [1.29, 1.82) is 0 Å². The first-order valence-electron chi connectivity index (χ1n) is 7.08. The van der Waals surface area contributed by atoms with E-state index in [9.17, 15) is 4.39 Å². The number of benzene rings is 1. The zero-order valence-corrected chi connectivity index (χ0v) is 12.3. The lowest BCUT2D eigenvalue weighted by Crippen LogP contribution is -2.36. The first-order valence-corrected chi connectivity index (χ1v) is 7.45. The maximum Gasteiger partial charge on any atom is 0.124 e. The van der Waals surface area contributed by atoms with E-state index in [2.05, 4.69) is 4.90 Å². The summed E-state index contributed by atoms with van der Waals surface area (Å²) in [7, 11) is 0. The summed E-state index contributed by atoms with van der Waals surface area (Å²) in [5.74, 6) is -0.297. The highest BCUT2D eigenvalue weighted by atomic mass is 35.5. The molecule has 0 unspecified atom stereocenters. The Labute approximate surface area is 124 Å². The van der Waals surface area contributed by atoms with Crippen molar-refractivity contribution < 1.29 is 14.2 Å². The Kier molecular flexibility index (Phi) is 6.23. The number of aliphatic hydroxyl groups is 1. The van der Waals surface area contributed by atoms with Crippen LogP contribution in [0.5, 0.6) is 0 Å². The Hall–Kier alpha value is -0.680. The van der Waals surface area contributed by atoms with Crippen molar-refractivity contribution in [1.82, 2.24) is 4.90 Å². The number of hydrogen-bond donors (Lipinski definition) is 1. The second-order valence-corrected chi connectivity index (χ2v) is 5.57. The van der Waals surface area contributed by atoms with E-state index >= 15 is 0 Å². The van der Waals surface area contributed by atoms with Gasteiger partial charge in [-0.1, -0.05) is 17.7 Å². The van der Waals surface area contributed by atoms with Crippen molar-refractivity contribution in [3.05, 3.63) is 34.6 Å². The fourth-order valence-electron chi connectivity index (χ4n) is 2.44. The van der Waals surface area contributed by atoms with Gasteiger partial charge in [0.05, 0.1) is 6.10 Å². The standard InChI is InChI=1S/C15H21ClFNO2/c16-15-10-13(17)3-2-12(15)11-18-6-4-14(5-7-18)20-9-1-8-19/h2-3,10,14,19H,1,4-9,11H2. The van der Waals surface area contributed by atoms with Gasteiger partial charge in [0.1, 0.15) is 5.82 Å². The van der Waals surface area contributed by atoms with Crippen LogP contribution in [0, 0.1) is 5.82 Å². The minimum absolute atomic E-state index is 0.182. The number of likely N-dealkylation sites (tertiary alicyclic amines) is 1. The molecule has 112 valence electrons.